The van der Waals surface area contributed by atoms with Gasteiger partial charge in [0, 0.05) is 0 Å². The highest BCUT2D eigenvalue weighted by molar-refractivity contribution is 6.46. The molecule has 0 bridgehead atoms. The normalized spacial score (nSPS) is 15.3. The van der Waals surface area contributed by atoms with Crippen molar-refractivity contribution in [2.45, 2.75) is 30.1 Å². The summed E-state index contributed by atoms with van der Waals surface area (Å²) in [5.74, 6) is -0.580. The molecule has 6 heteroatoms. The van der Waals surface area contributed by atoms with E-state index in [1.807, 2.05) is 0 Å². The Balaban J connectivity index is 4.45. The lowest BCUT2D eigenvalue weighted by molar-refractivity contribution is -0.149. The molecule has 1 atom stereocenters. The van der Waals surface area contributed by atoms with Crippen LogP contribution in [0.2, 0.25) is 0 Å². The van der Waals surface area contributed by atoms with Crippen molar-refractivity contribution >= 4 is 29.2 Å². The molecule has 0 aliphatic carbocycles. The second kappa shape index (κ2) is 6.45. The first-order chi connectivity index (χ1) is 6.49. The average molecular weight is 243 g/mol. The highest BCUT2D eigenvalue weighted by Gasteiger charge is 2.41. The Kier molecular flexibility index (Phi) is 6.44. The molecule has 0 amide bonds. The predicted molar refractivity (Wildman–Crippen MR) is 57.3 cm³/mol. The molecule has 0 aromatic heterocycles. The molecule has 0 aromatic rings. The SMILES string of the molecule is CCOC(=O)[C@@](N)(CCCN)C(Cl)Cl. The van der Waals surface area contributed by atoms with Crippen LogP contribution in [0.5, 0.6) is 0 Å². The van der Waals surface area contributed by atoms with E-state index >= 15 is 0 Å². The van der Waals surface area contributed by atoms with Crippen LogP contribution in [0.3, 0.4) is 0 Å². The maximum atomic E-state index is 11.5. The van der Waals surface area contributed by atoms with Crippen LogP contribution in [0.15, 0.2) is 0 Å². The highest BCUT2D eigenvalue weighted by atomic mass is 35.5. The molecule has 0 saturated heterocycles. The number of hydrogen-bond donors (Lipinski definition) is 2. The van der Waals surface area contributed by atoms with E-state index in [2.05, 4.69) is 0 Å². The molecule has 0 spiro atoms. The number of rotatable bonds is 6. The zero-order valence-electron chi connectivity index (χ0n) is 8.13. The molecule has 0 aromatic carbocycles. The van der Waals surface area contributed by atoms with Crippen LogP contribution < -0.4 is 11.5 Å². The van der Waals surface area contributed by atoms with Crippen LogP contribution in [-0.2, 0) is 9.53 Å². The topological polar surface area (TPSA) is 78.3 Å². The number of carbonyl (C=O) groups is 1. The van der Waals surface area contributed by atoms with Crippen molar-refractivity contribution < 1.29 is 9.53 Å². The van der Waals surface area contributed by atoms with Gasteiger partial charge in [0.15, 0.2) is 0 Å². The number of alkyl halides is 2. The largest absolute Gasteiger partial charge is 0.465 e. The summed E-state index contributed by atoms with van der Waals surface area (Å²) in [5, 5.41) is 0. The Labute approximate surface area is 93.9 Å². The molecule has 0 heterocycles. The minimum Gasteiger partial charge on any atom is -0.465 e. The van der Waals surface area contributed by atoms with Gasteiger partial charge in [-0.05, 0) is 26.3 Å². The molecule has 14 heavy (non-hydrogen) atoms. The molecule has 0 aliphatic heterocycles. The van der Waals surface area contributed by atoms with Crippen LogP contribution in [-0.4, -0.2) is 29.5 Å². The van der Waals surface area contributed by atoms with Crippen LogP contribution in [0, 0.1) is 0 Å². The van der Waals surface area contributed by atoms with Gasteiger partial charge in [0.25, 0.3) is 0 Å². The van der Waals surface area contributed by atoms with Crippen molar-refractivity contribution in [1.29, 1.82) is 0 Å². The number of carbonyl (C=O) groups excluding carboxylic acids is 1. The van der Waals surface area contributed by atoms with E-state index in [9.17, 15) is 4.79 Å². The Morgan fingerprint density at radius 3 is 2.50 bits per heavy atom. The average Bonchev–Trinajstić information content (AvgIpc) is 2.14. The monoisotopic (exact) mass is 242 g/mol. The van der Waals surface area contributed by atoms with E-state index in [0.717, 1.165) is 0 Å². The van der Waals surface area contributed by atoms with Crippen molar-refractivity contribution in [2.75, 3.05) is 13.2 Å². The third-order valence-corrected chi connectivity index (χ3v) is 2.62. The van der Waals surface area contributed by atoms with E-state index in [-0.39, 0.29) is 6.61 Å². The summed E-state index contributed by atoms with van der Waals surface area (Å²) >= 11 is 11.3. The third kappa shape index (κ3) is 3.61. The first-order valence-electron chi connectivity index (χ1n) is 4.43. The minimum absolute atomic E-state index is 0.251. The fourth-order valence-electron chi connectivity index (χ4n) is 0.960. The Hall–Kier alpha value is -0.0300. The predicted octanol–water partition coefficient (Wildman–Crippen LogP) is 0.790. The van der Waals surface area contributed by atoms with E-state index in [1.165, 1.54) is 0 Å². The summed E-state index contributed by atoms with van der Waals surface area (Å²) in [6.07, 6.45) is 0.894. The second-order valence-electron chi connectivity index (χ2n) is 2.95. The molecule has 0 unspecified atom stereocenters. The van der Waals surface area contributed by atoms with Gasteiger partial charge < -0.3 is 16.2 Å². The molecular formula is C8H16Cl2N2O2. The maximum Gasteiger partial charge on any atom is 0.328 e. The molecular weight excluding hydrogens is 227 g/mol. The van der Waals surface area contributed by atoms with E-state index < -0.39 is 16.3 Å². The van der Waals surface area contributed by atoms with Crippen LogP contribution >= 0.6 is 23.2 Å². The fourth-order valence-corrected chi connectivity index (χ4v) is 1.36. The van der Waals surface area contributed by atoms with Crippen LogP contribution in [0.25, 0.3) is 0 Å². The molecule has 0 rings (SSSR count). The van der Waals surface area contributed by atoms with Crippen LogP contribution in [0.1, 0.15) is 19.8 Å². The summed E-state index contributed by atoms with van der Waals surface area (Å²) in [7, 11) is 0. The lowest BCUT2D eigenvalue weighted by Gasteiger charge is -2.27. The van der Waals surface area contributed by atoms with Crippen LogP contribution in [0.4, 0.5) is 0 Å². The Morgan fingerprint density at radius 2 is 2.14 bits per heavy atom. The zero-order chi connectivity index (χ0) is 11.2. The lowest BCUT2D eigenvalue weighted by atomic mass is 9.97. The quantitative estimate of drug-likeness (QED) is 0.534. The highest BCUT2D eigenvalue weighted by Crippen LogP contribution is 2.24. The molecule has 0 aliphatic rings. The van der Waals surface area contributed by atoms with E-state index in [1.54, 1.807) is 6.92 Å². The maximum absolute atomic E-state index is 11.5. The molecule has 84 valence electrons. The van der Waals surface area contributed by atoms with Gasteiger partial charge >= 0.3 is 5.97 Å². The van der Waals surface area contributed by atoms with Gasteiger partial charge in [0.05, 0.1) is 6.61 Å². The summed E-state index contributed by atoms with van der Waals surface area (Å²) in [4.78, 5) is 10.5. The Morgan fingerprint density at radius 1 is 1.57 bits per heavy atom. The first-order valence-corrected chi connectivity index (χ1v) is 5.30. The third-order valence-electron chi connectivity index (χ3n) is 1.84. The van der Waals surface area contributed by atoms with Gasteiger partial charge in [0.2, 0.25) is 0 Å². The fraction of sp³-hybridized carbons (Fsp3) is 0.875. The van der Waals surface area contributed by atoms with E-state index in [4.69, 9.17) is 39.4 Å². The molecule has 4 nitrogen and oxygen atoms in total. The number of nitrogens with two attached hydrogens (primary N) is 2. The molecule has 0 fully saturated rings. The second-order valence-corrected chi connectivity index (χ2v) is 4.05. The smallest absolute Gasteiger partial charge is 0.328 e. The standard InChI is InChI=1S/C8H16Cl2N2O2/c1-2-14-7(13)8(12,6(9)10)4-3-5-11/h6H,2-5,11-12H2,1H3/t8-/m1/s1. The van der Waals surface area contributed by atoms with Gasteiger partial charge in [-0.2, -0.15) is 0 Å². The van der Waals surface area contributed by atoms with Gasteiger partial charge in [-0.3, -0.25) is 0 Å². The molecule has 0 radical (unpaired) electrons. The number of hydrogen-bond acceptors (Lipinski definition) is 4. The van der Waals surface area contributed by atoms with E-state index in [0.29, 0.717) is 19.4 Å². The van der Waals surface area contributed by atoms with Gasteiger partial charge in [-0.15, -0.1) is 23.2 Å². The lowest BCUT2D eigenvalue weighted by Crippen LogP contribution is -2.54. The zero-order valence-corrected chi connectivity index (χ0v) is 9.64. The summed E-state index contributed by atoms with van der Waals surface area (Å²) in [5.41, 5.74) is 9.73. The van der Waals surface area contributed by atoms with Crippen molar-refractivity contribution in [3.05, 3.63) is 0 Å². The van der Waals surface area contributed by atoms with Gasteiger partial charge in [-0.25, -0.2) is 4.79 Å². The van der Waals surface area contributed by atoms with Crippen molar-refractivity contribution in [3.63, 3.8) is 0 Å². The molecule has 0 saturated carbocycles. The van der Waals surface area contributed by atoms with Crippen molar-refractivity contribution in [2.24, 2.45) is 11.5 Å². The summed E-state index contributed by atoms with van der Waals surface area (Å²) < 4.78 is 4.79. The Bertz CT molecular complexity index is 190. The molecule has 4 N–H and O–H groups in total. The van der Waals surface area contributed by atoms with Crippen molar-refractivity contribution in [1.82, 2.24) is 0 Å². The van der Waals surface area contributed by atoms with Gasteiger partial charge in [-0.1, -0.05) is 0 Å². The number of halogens is 2. The summed E-state index contributed by atoms with van der Waals surface area (Å²) in [6, 6.07) is 0. The summed E-state index contributed by atoms with van der Waals surface area (Å²) in [6.45, 7) is 2.37. The minimum atomic E-state index is -1.35. The first kappa shape index (κ1) is 14.0. The number of esters is 1. The van der Waals surface area contributed by atoms with Gasteiger partial charge in [0.1, 0.15) is 10.4 Å². The number of ether oxygens (including phenoxy) is 1. The van der Waals surface area contributed by atoms with Crippen molar-refractivity contribution in [3.8, 4) is 0 Å².